The Labute approximate surface area is 127 Å². The van der Waals surface area contributed by atoms with Crippen LogP contribution in [0.2, 0.25) is 0 Å². The normalized spacial score (nSPS) is 29.2. The molecule has 3 atom stereocenters. The Hall–Kier alpha value is -0.880. The summed E-state index contributed by atoms with van der Waals surface area (Å²) < 4.78 is 3.01. The van der Waals surface area contributed by atoms with Gasteiger partial charge in [0.1, 0.15) is 0 Å². The van der Waals surface area contributed by atoms with Crippen molar-refractivity contribution in [1.82, 2.24) is 14.7 Å². The molecule has 1 aromatic rings. The second-order valence-corrected chi connectivity index (χ2v) is 6.63. The molecule has 0 amide bonds. The van der Waals surface area contributed by atoms with Crippen LogP contribution in [0.4, 0.5) is 0 Å². The lowest BCUT2D eigenvalue weighted by molar-refractivity contribution is -0.142. The summed E-state index contributed by atoms with van der Waals surface area (Å²) in [5, 5.41) is 13.8. The van der Waals surface area contributed by atoms with Gasteiger partial charge in [0.2, 0.25) is 0 Å². The number of aliphatic carboxylic acids is 1. The summed E-state index contributed by atoms with van der Waals surface area (Å²) in [6, 6.07) is 0.623. The Morgan fingerprint density at radius 2 is 2.25 bits per heavy atom. The summed E-state index contributed by atoms with van der Waals surface area (Å²) in [5.74, 6) is -0.827. The van der Waals surface area contributed by atoms with E-state index in [4.69, 9.17) is 0 Å². The van der Waals surface area contributed by atoms with Crippen LogP contribution in [0.25, 0.3) is 0 Å². The topological polar surface area (TPSA) is 58.4 Å². The van der Waals surface area contributed by atoms with Gasteiger partial charge in [-0.25, -0.2) is 0 Å². The number of aromatic nitrogens is 2. The zero-order valence-corrected chi connectivity index (χ0v) is 13.4. The Balaban J connectivity index is 1.83. The number of fused-ring (bicyclic) bond motifs is 2. The Morgan fingerprint density at radius 3 is 2.80 bits per heavy atom. The molecule has 110 valence electrons. The van der Waals surface area contributed by atoms with Crippen molar-refractivity contribution in [1.29, 1.82) is 0 Å². The van der Waals surface area contributed by atoms with Crippen molar-refractivity contribution in [2.45, 2.75) is 51.2 Å². The van der Waals surface area contributed by atoms with Crippen molar-refractivity contribution in [3.05, 3.63) is 15.9 Å². The molecule has 3 unspecified atom stereocenters. The van der Waals surface area contributed by atoms with Gasteiger partial charge in [0, 0.05) is 25.7 Å². The van der Waals surface area contributed by atoms with E-state index in [1.54, 1.807) is 0 Å². The summed E-state index contributed by atoms with van der Waals surface area (Å²) in [6.07, 6.45) is 3.84. The lowest BCUT2D eigenvalue weighted by Gasteiger charge is -2.22. The predicted molar refractivity (Wildman–Crippen MR) is 78.4 cm³/mol. The summed E-state index contributed by atoms with van der Waals surface area (Å²) >= 11 is 3.65. The fourth-order valence-corrected chi connectivity index (χ4v) is 4.52. The van der Waals surface area contributed by atoms with Crippen LogP contribution in [0.1, 0.15) is 37.6 Å². The molecular formula is C14H20BrN3O2. The summed E-state index contributed by atoms with van der Waals surface area (Å²) in [6.45, 7) is 2.89. The van der Waals surface area contributed by atoms with Crippen LogP contribution in [0, 0.1) is 5.92 Å². The van der Waals surface area contributed by atoms with E-state index in [1.165, 1.54) is 0 Å². The molecule has 2 aliphatic heterocycles. The highest BCUT2D eigenvalue weighted by Crippen LogP contribution is 2.43. The Kier molecular flexibility index (Phi) is 3.62. The van der Waals surface area contributed by atoms with Crippen molar-refractivity contribution in [3.63, 3.8) is 0 Å². The lowest BCUT2D eigenvalue weighted by Crippen LogP contribution is -2.33. The number of carbonyl (C=O) groups is 1. The molecule has 20 heavy (non-hydrogen) atoms. The number of carboxylic acid groups (broad SMARTS) is 1. The van der Waals surface area contributed by atoms with E-state index in [0.717, 1.165) is 48.1 Å². The first kappa shape index (κ1) is 14.1. The van der Waals surface area contributed by atoms with E-state index in [0.29, 0.717) is 6.04 Å². The van der Waals surface area contributed by atoms with E-state index >= 15 is 0 Å². The number of aryl methyl sites for hydroxylation is 2. The minimum absolute atomic E-state index is 0.189. The maximum Gasteiger partial charge on any atom is 0.308 e. The van der Waals surface area contributed by atoms with E-state index in [-0.39, 0.29) is 12.0 Å². The van der Waals surface area contributed by atoms with Gasteiger partial charge < -0.3 is 5.11 Å². The molecule has 2 saturated heterocycles. The molecule has 2 aliphatic rings. The fourth-order valence-electron chi connectivity index (χ4n) is 3.78. The first-order valence-electron chi connectivity index (χ1n) is 7.21. The van der Waals surface area contributed by atoms with Gasteiger partial charge in [-0.3, -0.25) is 14.4 Å². The van der Waals surface area contributed by atoms with Gasteiger partial charge in [-0.1, -0.05) is 6.92 Å². The largest absolute Gasteiger partial charge is 0.481 e. The molecule has 0 aromatic carbocycles. The number of carboxylic acids is 1. The van der Waals surface area contributed by atoms with Crippen LogP contribution in [-0.4, -0.2) is 37.8 Å². The first-order valence-corrected chi connectivity index (χ1v) is 8.01. The second-order valence-electron chi connectivity index (χ2n) is 5.84. The third-order valence-corrected chi connectivity index (χ3v) is 5.75. The number of nitrogens with zero attached hydrogens (tertiary/aromatic N) is 3. The maximum absolute atomic E-state index is 11.3. The molecular weight excluding hydrogens is 322 g/mol. The average molecular weight is 342 g/mol. The standard InChI is InChI=1S/C14H20BrN3O2/c1-3-10-13(15)12(17(2)16-10)7-18-8-4-5-11(18)9(6-8)14(19)20/h8-9,11H,3-7H2,1-2H3,(H,19,20). The molecule has 5 nitrogen and oxygen atoms in total. The van der Waals surface area contributed by atoms with E-state index in [2.05, 4.69) is 32.9 Å². The lowest BCUT2D eigenvalue weighted by atomic mass is 9.89. The SMILES string of the molecule is CCc1nn(C)c(CN2C3CCC2C(C(=O)O)C3)c1Br. The molecule has 6 heteroatoms. The van der Waals surface area contributed by atoms with E-state index in [9.17, 15) is 9.90 Å². The predicted octanol–water partition coefficient (Wildman–Crippen LogP) is 2.18. The van der Waals surface area contributed by atoms with Gasteiger partial charge in [0.05, 0.1) is 21.8 Å². The molecule has 2 fully saturated rings. The molecule has 0 radical (unpaired) electrons. The zero-order chi connectivity index (χ0) is 14.4. The van der Waals surface area contributed by atoms with E-state index in [1.807, 2.05) is 11.7 Å². The second kappa shape index (κ2) is 5.15. The van der Waals surface area contributed by atoms with Crippen molar-refractivity contribution in [2.24, 2.45) is 13.0 Å². The van der Waals surface area contributed by atoms with Crippen LogP contribution in [0.15, 0.2) is 4.47 Å². The quantitative estimate of drug-likeness (QED) is 0.911. The van der Waals surface area contributed by atoms with Crippen molar-refractivity contribution >= 4 is 21.9 Å². The Bertz CT molecular complexity index is 543. The van der Waals surface area contributed by atoms with Crippen LogP contribution < -0.4 is 0 Å². The van der Waals surface area contributed by atoms with Crippen molar-refractivity contribution in [3.8, 4) is 0 Å². The minimum atomic E-state index is -0.638. The zero-order valence-electron chi connectivity index (χ0n) is 11.8. The van der Waals surface area contributed by atoms with Crippen LogP contribution in [0.5, 0.6) is 0 Å². The third-order valence-electron chi connectivity index (χ3n) is 4.83. The van der Waals surface area contributed by atoms with E-state index < -0.39 is 5.97 Å². The van der Waals surface area contributed by atoms with Gasteiger partial charge in [0.25, 0.3) is 0 Å². The number of halogens is 1. The maximum atomic E-state index is 11.3. The van der Waals surface area contributed by atoms with Crippen molar-refractivity contribution < 1.29 is 9.90 Å². The monoisotopic (exact) mass is 341 g/mol. The highest BCUT2D eigenvalue weighted by molar-refractivity contribution is 9.10. The highest BCUT2D eigenvalue weighted by atomic mass is 79.9. The van der Waals surface area contributed by atoms with Crippen LogP contribution in [0.3, 0.4) is 0 Å². The van der Waals surface area contributed by atoms with Gasteiger partial charge >= 0.3 is 5.97 Å². The first-order chi connectivity index (χ1) is 9.52. The van der Waals surface area contributed by atoms with Crippen LogP contribution >= 0.6 is 15.9 Å². The molecule has 2 bridgehead atoms. The smallest absolute Gasteiger partial charge is 0.308 e. The number of hydrogen-bond donors (Lipinski definition) is 1. The molecule has 3 rings (SSSR count). The molecule has 3 heterocycles. The molecule has 0 spiro atoms. The highest BCUT2D eigenvalue weighted by Gasteiger charge is 2.49. The van der Waals surface area contributed by atoms with Gasteiger partial charge in [0.15, 0.2) is 0 Å². The fraction of sp³-hybridized carbons (Fsp3) is 0.714. The number of hydrogen-bond acceptors (Lipinski definition) is 3. The van der Waals surface area contributed by atoms with Gasteiger partial charge in [-0.05, 0) is 41.6 Å². The minimum Gasteiger partial charge on any atom is -0.481 e. The summed E-state index contributed by atoms with van der Waals surface area (Å²) in [5.41, 5.74) is 2.23. The number of rotatable bonds is 4. The van der Waals surface area contributed by atoms with Crippen molar-refractivity contribution in [2.75, 3.05) is 0 Å². The molecule has 0 saturated carbocycles. The summed E-state index contributed by atoms with van der Waals surface area (Å²) in [4.78, 5) is 13.7. The Morgan fingerprint density at radius 1 is 1.50 bits per heavy atom. The van der Waals surface area contributed by atoms with Gasteiger partial charge in [-0.2, -0.15) is 5.10 Å². The third kappa shape index (κ3) is 2.09. The molecule has 1 N–H and O–H groups in total. The van der Waals surface area contributed by atoms with Crippen LogP contribution in [-0.2, 0) is 24.8 Å². The average Bonchev–Trinajstić information content (AvgIpc) is 3.05. The molecule has 0 aliphatic carbocycles. The summed E-state index contributed by atoms with van der Waals surface area (Å²) in [7, 11) is 1.96. The van der Waals surface area contributed by atoms with Gasteiger partial charge in [-0.15, -0.1) is 0 Å². The molecule has 1 aromatic heterocycles.